The Morgan fingerprint density at radius 1 is 0.690 bits per heavy atom. The zero-order chi connectivity index (χ0) is 21.0. The maximum Gasteiger partial charge on any atom is 0.305 e. The molecule has 166 valence electrons. The fraction of sp³-hybridized carbons (Fsp3) is 0.731. The van der Waals surface area contributed by atoms with Gasteiger partial charge in [-0.3, -0.25) is 4.79 Å². The summed E-state index contributed by atoms with van der Waals surface area (Å²) in [6.45, 7) is 5.23. The van der Waals surface area contributed by atoms with E-state index in [1.807, 2.05) is 12.1 Å². The Balaban J connectivity index is 2.00. The second-order valence-electron chi connectivity index (χ2n) is 8.10. The van der Waals surface area contributed by atoms with Crippen molar-refractivity contribution < 1.29 is 14.3 Å². The van der Waals surface area contributed by atoms with Gasteiger partial charge >= 0.3 is 5.97 Å². The van der Waals surface area contributed by atoms with E-state index >= 15 is 0 Å². The summed E-state index contributed by atoms with van der Waals surface area (Å²) in [4.78, 5) is 11.7. The summed E-state index contributed by atoms with van der Waals surface area (Å²) in [5.74, 6) is 0.747. The first-order valence-electron chi connectivity index (χ1n) is 12.1. The van der Waals surface area contributed by atoms with Crippen molar-refractivity contribution >= 4 is 5.97 Å². The van der Waals surface area contributed by atoms with Crippen molar-refractivity contribution in [2.75, 3.05) is 13.2 Å². The molecule has 0 aliphatic carbocycles. The molecule has 0 unspecified atom stereocenters. The Kier molecular flexibility index (Phi) is 16.3. The number of benzene rings is 1. The van der Waals surface area contributed by atoms with Gasteiger partial charge in [-0.05, 0) is 37.0 Å². The third-order valence-corrected chi connectivity index (χ3v) is 5.34. The number of carbonyl (C=O) groups is 1. The average molecular weight is 405 g/mol. The van der Waals surface area contributed by atoms with Crippen LogP contribution in [0.15, 0.2) is 24.3 Å². The first-order chi connectivity index (χ1) is 14.3. The molecule has 0 N–H and O–H groups in total. The Morgan fingerprint density at radius 3 is 1.86 bits per heavy atom. The second-order valence-corrected chi connectivity index (χ2v) is 8.10. The van der Waals surface area contributed by atoms with Crippen LogP contribution in [0, 0.1) is 0 Å². The Labute approximate surface area is 179 Å². The van der Waals surface area contributed by atoms with Crippen molar-refractivity contribution in [3.63, 3.8) is 0 Å². The number of esters is 1. The summed E-state index contributed by atoms with van der Waals surface area (Å²) in [5, 5.41) is 0. The smallest absolute Gasteiger partial charge is 0.305 e. The van der Waals surface area contributed by atoms with Gasteiger partial charge in [0.2, 0.25) is 0 Å². The molecule has 0 amide bonds. The summed E-state index contributed by atoms with van der Waals surface area (Å²) >= 11 is 0. The van der Waals surface area contributed by atoms with E-state index in [-0.39, 0.29) is 5.97 Å². The van der Waals surface area contributed by atoms with Crippen molar-refractivity contribution in [2.24, 2.45) is 0 Å². The predicted molar refractivity (Wildman–Crippen MR) is 123 cm³/mol. The molecule has 0 fully saturated rings. The lowest BCUT2D eigenvalue weighted by molar-refractivity contribution is -0.144. The van der Waals surface area contributed by atoms with Crippen LogP contribution in [0.25, 0.3) is 0 Å². The average Bonchev–Trinajstić information content (AvgIpc) is 2.74. The van der Waals surface area contributed by atoms with Crippen LogP contribution >= 0.6 is 0 Å². The number of unbranched alkanes of at least 4 members (excludes halogenated alkanes) is 11. The van der Waals surface area contributed by atoms with Crippen LogP contribution in [-0.2, 0) is 16.0 Å². The van der Waals surface area contributed by atoms with E-state index in [1.54, 1.807) is 0 Å². The monoisotopic (exact) mass is 404 g/mol. The molecule has 0 heterocycles. The quantitative estimate of drug-likeness (QED) is 0.175. The lowest BCUT2D eigenvalue weighted by Crippen LogP contribution is -2.12. The van der Waals surface area contributed by atoms with Gasteiger partial charge in [0.25, 0.3) is 0 Å². The molecule has 0 aliphatic rings. The number of hydrogen-bond acceptors (Lipinski definition) is 3. The molecule has 0 spiro atoms. The van der Waals surface area contributed by atoms with Gasteiger partial charge in [-0.25, -0.2) is 0 Å². The molecule has 0 aliphatic heterocycles. The first-order valence-corrected chi connectivity index (χ1v) is 12.1. The van der Waals surface area contributed by atoms with Crippen molar-refractivity contribution in [2.45, 2.75) is 110 Å². The highest BCUT2D eigenvalue weighted by Gasteiger charge is 2.03. The van der Waals surface area contributed by atoms with Crippen LogP contribution in [0.5, 0.6) is 5.75 Å². The van der Waals surface area contributed by atoms with E-state index in [0.29, 0.717) is 19.6 Å². The van der Waals surface area contributed by atoms with Gasteiger partial charge in [-0.15, -0.1) is 0 Å². The van der Waals surface area contributed by atoms with Crippen molar-refractivity contribution in [3.8, 4) is 5.75 Å². The van der Waals surface area contributed by atoms with Crippen molar-refractivity contribution in [1.82, 2.24) is 0 Å². The molecule has 1 aromatic rings. The highest BCUT2D eigenvalue weighted by molar-refractivity contribution is 5.69. The highest BCUT2D eigenvalue weighted by atomic mass is 16.6. The molecule has 0 saturated carbocycles. The lowest BCUT2D eigenvalue weighted by Gasteiger charge is -2.08. The molecule has 3 heteroatoms. The minimum Gasteiger partial charge on any atom is -0.490 e. The number of carbonyl (C=O) groups excluding carboxylic acids is 1. The largest absolute Gasteiger partial charge is 0.490 e. The molecule has 1 aromatic carbocycles. The summed E-state index contributed by atoms with van der Waals surface area (Å²) in [5.41, 5.74) is 1.37. The van der Waals surface area contributed by atoms with Gasteiger partial charge in [0.1, 0.15) is 19.0 Å². The Morgan fingerprint density at radius 2 is 1.24 bits per heavy atom. The summed E-state index contributed by atoms with van der Waals surface area (Å²) in [6.07, 6.45) is 18.1. The molecule has 0 bridgehead atoms. The number of ether oxygens (including phenoxy) is 2. The van der Waals surface area contributed by atoms with Crippen molar-refractivity contribution in [3.05, 3.63) is 29.8 Å². The van der Waals surface area contributed by atoms with Gasteiger partial charge in [0, 0.05) is 6.42 Å². The molecular weight excluding hydrogens is 360 g/mol. The maximum absolute atomic E-state index is 11.7. The fourth-order valence-corrected chi connectivity index (χ4v) is 3.48. The molecule has 3 nitrogen and oxygen atoms in total. The topological polar surface area (TPSA) is 35.5 Å². The molecule has 0 saturated heterocycles. The van der Waals surface area contributed by atoms with Gasteiger partial charge in [0.05, 0.1) is 0 Å². The van der Waals surface area contributed by atoms with Gasteiger partial charge in [-0.2, -0.15) is 0 Å². The van der Waals surface area contributed by atoms with Crippen LogP contribution in [-0.4, -0.2) is 19.2 Å². The number of hydrogen-bond donors (Lipinski definition) is 0. The summed E-state index contributed by atoms with van der Waals surface area (Å²) < 4.78 is 10.9. The standard InChI is InChI=1S/C26H44O3/c1-3-5-7-9-11-13-15-17-26(27)29-23-22-28-25-20-18-24(19-21-25)16-14-12-10-8-6-4-2/h18-21H,3-17,22-23H2,1-2H3. The summed E-state index contributed by atoms with van der Waals surface area (Å²) in [6, 6.07) is 8.33. The minimum atomic E-state index is -0.101. The van der Waals surface area contributed by atoms with Crippen LogP contribution in [0.2, 0.25) is 0 Å². The zero-order valence-electron chi connectivity index (χ0n) is 19.1. The molecular formula is C26H44O3. The van der Waals surface area contributed by atoms with E-state index in [1.165, 1.54) is 76.2 Å². The molecule has 29 heavy (non-hydrogen) atoms. The fourth-order valence-electron chi connectivity index (χ4n) is 3.48. The van der Waals surface area contributed by atoms with Crippen LogP contribution in [0.4, 0.5) is 0 Å². The Hall–Kier alpha value is -1.51. The van der Waals surface area contributed by atoms with Gasteiger partial charge in [-0.1, -0.05) is 96.6 Å². The molecule has 1 rings (SSSR count). The van der Waals surface area contributed by atoms with Gasteiger partial charge < -0.3 is 9.47 Å². The van der Waals surface area contributed by atoms with E-state index in [4.69, 9.17) is 9.47 Å². The van der Waals surface area contributed by atoms with E-state index in [2.05, 4.69) is 26.0 Å². The van der Waals surface area contributed by atoms with E-state index in [0.717, 1.165) is 25.0 Å². The highest BCUT2D eigenvalue weighted by Crippen LogP contribution is 2.15. The zero-order valence-corrected chi connectivity index (χ0v) is 19.1. The maximum atomic E-state index is 11.7. The van der Waals surface area contributed by atoms with E-state index in [9.17, 15) is 4.79 Å². The van der Waals surface area contributed by atoms with Crippen LogP contribution < -0.4 is 4.74 Å². The van der Waals surface area contributed by atoms with Crippen LogP contribution in [0.1, 0.15) is 109 Å². The van der Waals surface area contributed by atoms with Crippen molar-refractivity contribution in [1.29, 1.82) is 0 Å². The second kappa shape index (κ2) is 18.5. The number of rotatable bonds is 19. The Bertz CT molecular complexity index is 495. The SMILES string of the molecule is CCCCCCCCCC(=O)OCCOc1ccc(CCCCCCCC)cc1. The molecule has 0 aromatic heterocycles. The van der Waals surface area contributed by atoms with Gasteiger partial charge in [0.15, 0.2) is 0 Å². The third kappa shape index (κ3) is 15.1. The normalized spacial score (nSPS) is 10.8. The third-order valence-electron chi connectivity index (χ3n) is 5.34. The van der Waals surface area contributed by atoms with Crippen LogP contribution in [0.3, 0.4) is 0 Å². The first kappa shape index (κ1) is 25.5. The summed E-state index contributed by atoms with van der Waals surface area (Å²) in [7, 11) is 0. The molecule has 0 atom stereocenters. The lowest BCUT2D eigenvalue weighted by atomic mass is 10.0. The number of aryl methyl sites for hydroxylation is 1. The predicted octanol–water partition coefficient (Wildman–Crippen LogP) is 7.65. The molecule has 0 radical (unpaired) electrons. The van der Waals surface area contributed by atoms with E-state index < -0.39 is 0 Å². The minimum absolute atomic E-state index is 0.101.